The number of hydrogen-bond acceptors (Lipinski definition) is 5. The van der Waals surface area contributed by atoms with Gasteiger partial charge in [-0.3, -0.25) is 4.79 Å². The average Bonchev–Trinajstić information content (AvgIpc) is 3.13. The Kier molecular flexibility index (Phi) is 4.98. The molecule has 29 heavy (non-hydrogen) atoms. The van der Waals surface area contributed by atoms with E-state index in [0.29, 0.717) is 22.7 Å². The predicted molar refractivity (Wildman–Crippen MR) is 111 cm³/mol. The first-order valence-electron chi connectivity index (χ1n) is 9.00. The molecule has 0 bridgehead atoms. The number of fused-ring (bicyclic) bond motifs is 1. The maximum atomic E-state index is 12.6. The summed E-state index contributed by atoms with van der Waals surface area (Å²) in [6.07, 6.45) is 0.212. The Morgan fingerprint density at radius 3 is 2.55 bits per heavy atom. The molecule has 2 aromatic carbocycles. The zero-order valence-corrected chi connectivity index (χ0v) is 16.7. The van der Waals surface area contributed by atoms with E-state index in [-0.39, 0.29) is 23.1 Å². The number of thiophene rings is 1. The molecule has 0 aliphatic carbocycles. The highest BCUT2D eigenvalue weighted by Gasteiger charge is 2.35. The number of carboxylic acid groups (broad SMARTS) is 1. The summed E-state index contributed by atoms with van der Waals surface area (Å²) in [6, 6.07) is 14.7. The molecule has 1 atom stereocenters. The lowest BCUT2D eigenvalue weighted by Gasteiger charge is -2.25. The molecule has 0 radical (unpaired) electrons. The topological polar surface area (TPSA) is 84.9 Å². The molecule has 1 unspecified atom stereocenters. The lowest BCUT2D eigenvalue weighted by Crippen LogP contribution is -2.22. The molecular weight excluding hydrogens is 390 g/mol. The molecule has 0 saturated carbocycles. The van der Waals surface area contributed by atoms with Crippen molar-refractivity contribution in [3.05, 3.63) is 63.8 Å². The van der Waals surface area contributed by atoms with E-state index < -0.39 is 5.97 Å². The minimum absolute atomic E-state index is 0.160. The summed E-state index contributed by atoms with van der Waals surface area (Å²) in [6.45, 7) is 0. The van der Waals surface area contributed by atoms with Gasteiger partial charge in [0.2, 0.25) is 5.91 Å². The van der Waals surface area contributed by atoms with Gasteiger partial charge in [0.1, 0.15) is 16.4 Å². The van der Waals surface area contributed by atoms with Crippen molar-refractivity contribution in [2.24, 2.45) is 0 Å². The van der Waals surface area contributed by atoms with Crippen LogP contribution in [0.4, 0.5) is 5.69 Å². The molecule has 1 aliphatic rings. The van der Waals surface area contributed by atoms with Crippen LogP contribution in [0, 0.1) is 0 Å². The summed E-state index contributed by atoms with van der Waals surface area (Å²) < 4.78 is 10.8. The summed E-state index contributed by atoms with van der Waals surface area (Å²) >= 11 is 1.20. The lowest BCUT2D eigenvalue weighted by atomic mass is 9.88. The van der Waals surface area contributed by atoms with Gasteiger partial charge < -0.3 is 19.9 Å². The van der Waals surface area contributed by atoms with Crippen molar-refractivity contribution in [1.82, 2.24) is 0 Å². The second-order valence-electron chi connectivity index (χ2n) is 6.63. The molecule has 1 aliphatic heterocycles. The quantitative estimate of drug-likeness (QED) is 0.643. The molecule has 1 aromatic heterocycles. The van der Waals surface area contributed by atoms with Crippen LogP contribution in [0.1, 0.15) is 32.5 Å². The van der Waals surface area contributed by atoms with Gasteiger partial charge in [-0.05, 0) is 11.6 Å². The first-order chi connectivity index (χ1) is 14.0. The number of rotatable bonds is 5. The van der Waals surface area contributed by atoms with Crippen molar-refractivity contribution in [3.63, 3.8) is 0 Å². The second kappa shape index (κ2) is 7.60. The SMILES string of the molecule is COc1ccc(C2CC(=O)Nc3c2sc(C(=O)O)c3-c2ccccc2)c(OC)c1. The Morgan fingerprint density at radius 2 is 1.90 bits per heavy atom. The molecule has 0 fully saturated rings. The number of ether oxygens (including phenoxy) is 2. The van der Waals surface area contributed by atoms with Crippen molar-refractivity contribution >= 4 is 28.9 Å². The smallest absolute Gasteiger partial charge is 0.346 e. The van der Waals surface area contributed by atoms with E-state index >= 15 is 0 Å². The fourth-order valence-corrected chi connectivity index (χ4v) is 4.91. The molecule has 0 spiro atoms. The fourth-order valence-electron chi connectivity index (χ4n) is 3.68. The minimum Gasteiger partial charge on any atom is -0.497 e. The molecular formula is C22H19NO5S. The summed E-state index contributed by atoms with van der Waals surface area (Å²) in [5.74, 6) is -0.236. The summed E-state index contributed by atoms with van der Waals surface area (Å²) in [4.78, 5) is 25.6. The van der Waals surface area contributed by atoms with Gasteiger partial charge in [-0.15, -0.1) is 11.3 Å². The number of nitrogens with one attached hydrogen (secondary N) is 1. The Morgan fingerprint density at radius 1 is 1.14 bits per heavy atom. The van der Waals surface area contributed by atoms with Crippen LogP contribution in [0.15, 0.2) is 48.5 Å². The van der Waals surface area contributed by atoms with Crippen LogP contribution in [0.3, 0.4) is 0 Å². The number of carboxylic acids is 1. The molecule has 6 nitrogen and oxygen atoms in total. The third-order valence-corrected chi connectivity index (χ3v) is 6.27. The first kappa shape index (κ1) is 19.0. The van der Waals surface area contributed by atoms with Crippen LogP contribution in [0.2, 0.25) is 0 Å². The van der Waals surface area contributed by atoms with E-state index in [1.165, 1.54) is 11.3 Å². The zero-order chi connectivity index (χ0) is 20.5. The van der Waals surface area contributed by atoms with Gasteiger partial charge in [-0.25, -0.2) is 4.79 Å². The molecule has 0 saturated heterocycles. The van der Waals surface area contributed by atoms with Gasteiger partial charge in [0, 0.05) is 34.4 Å². The van der Waals surface area contributed by atoms with Crippen LogP contribution in [0.25, 0.3) is 11.1 Å². The van der Waals surface area contributed by atoms with Crippen LogP contribution in [-0.4, -0.2) is 31.2 Å². The van der Waals surface area contributed by atoms with Gasteiger partial charge in [0.25, 0.3) is 0 Å². The summed E-state index contributed by atoms with van der Waals surface area (Å²) in [7, 11) is 3.14. The van der Waals surface area contributed by atoms with E-state index in [4.69, 9.17) is 9.47 Å². The van der Waals surface area contributed by atoms with E-state index in [1.807, 2.05) is 42.5 Å². The number of hydrogen-bond donors (Lipinski definition) is 2. The summed E-state index contributed by atoms with van der Waals surface area (Å²) in [5, 5.41) is 12.7. The second-order valence-corrected chi connectivity index (χ2v) is 7.68. The molecule has 7 heteroatoms. The number of carbonyl (C=O) groups is 2. The summed E-state index contributed by atoms with van der Waals surface area (Å²) in [5.41, 5.74) is 2.69. The maximum Gasteiger partial charge on any atom is 0.346 e. The highest BCUT2D eigenvalue weighted by Crippen LogP contribution is 2.51. The third-order valence-electron chi connectivity index (χ3n) is 4.98. The van der Waals surface area contributed by atoms with Crippen LogP contribution >= 0.6 is 11.3 Å². The predicted octanol–water partition coefficient (Wildman–Crippen LogP) is 4.60. The molecule has 3 aromatic rings. The van der Waals surface area contributed by atoms with Crippen molar-refractivity contribution in [3.8, 4) is 22.6 Å². The minimum atomic E-state index is -1.02. The number of amides is 1. The normalized spacial score (nSPS) is 15.4. The number of benzene rings is 2. The first-order valence-corrected chi connectivity index (χ1v) is 9.82. The monoisotopic (exact) mass is 409 g/mol. The number of methoxy groups -OCH3 is 2. The largest absolute Gasteiger partial charge is 0.497 e. The molecule has 2 N–H and O–H groups in total. The number of carbonyl (C=O) groups excluding carboxylic acids is 1. The van der Waals surface area contributed by atoms with Gasteiger partial charge in [0.15, 0.2) is 0 Å². The standard InChI is InChI=1S/C22H19NO5S/c1-27-13-8-9-14(16(10-13)28-2)15-11-17(24)23-19-18(12-6-4-3-5-7-12)21(22(25)26)29-20(15)19/h3-10,15H,11H2,1-2H3,(H,23,24)(H,25,26). The van der Waals surface area contributed by atoms with E-state index in [0.717, 1.165) is 16.0 Å². The fraction of sp³-hybridized carbons (Fsp3) is 0.182. The van der Waals surface area contributed by atoms with Gasteiger partial charge >= 0.3 is 5.97 Å². The Labute approximate surface area is 171 Å². The van der Waals surface area contributed by atoms with Gasteiger partial charge in [0.05, 0.1) is 19.9 Å². The van der Waals surface area contributed by atoms with E-state index in [1.54, 1.807) is 20.3 Å². The zero-order valence-electron chi connectivity index (χ0n) is 15.9. The lowest BCUT2D eigenvalue weighted by molar-refractivity contribution is -0.116. The van der Waals surface area contributed by atoms with Gasteiger partial charge in [-0.2, -0.15) is 0 Å². The molecule has 148 valence electrons. The Hall–Kier alpha value is -3.32. The molecule has 4 rings (SSSR count). The van der Waals surface area contributed by atoms with Crippen molar-refractivity contribution in [2.75, 3.05) is 19.5 Å². The molecule has 1 amide bonds. The number of anilines is 1. The third kappa shape index (κ3) is 3.34. The van der Waals surface area contributed by atoms with Crippen molar-refractivity contribution < 1.29 is 24.2 Å². The average molecular weight is 409 g/mol. The molecule has 2 heterocycles. The maximum absolute atomic E-state index is 12.6. The highest BCUT2D eigenvalue weighted by atomic mass is 32.1. The van der Waals surface area contributed by atoms with E-state index in [9.17, 15) is 14.7 Å². The Bertz CT molecular complexity index is 1090. The number of aromatic carboxylic acids is 1. The Balaban J connectivity index is 1.93. The van der Waals surface area contributed by atoms with Crippen LogP contribution < -0.4 is 14.8 Å². The van der Waals surface area contributed by atoms with Gasteiger partial charge in [-0.1, -0.05) is 36.4 Å². The van der Waals surface area contributed by atoms with E-state index in [2.05, 4.69) is 5.32 Å². The van der Waals surface area contributed by atoms with Crippen molar-refractivity contribution in [1.29, 1.82) is 0 Å². The van der Waals surface area contributed by atoms with Crippen LogP contribution in [0.5, 0.6) is 11.5 Å². The van der Waals surface area contributed by atoms with Crippen LogP contribution in [-0.2, 0) is 4.79 Å². The van der Waals surface area contributed by atoms with Crippen molar-refractivity contribution in [2.45, 2.75) is 12.3 Å². The highest BCUT2D eigenvalue weighted by molar-refractivity contribution is 7.15.